The summed E-state index contributed by atoms with van der Waals surface area (Å²) in [4.78, 5) is 64.4. The van der Waals surface area contributed by atoms with Crippen LogP contribution in [0.25, 0.3) is 23.3 Å². The summed E-state index contributed by atoms with van der Waals surface area (Å²) in [6.45, 7) is 4.95. The zero-order chi connectivity index (χ0) is 65.1. The van der Waals surface area contributed by atoms with Gasteiger partial charge in [0.25, 0.3) is 20.8 Å². The maximum absolute atomic E-state index is 12.3. The minimum Gasteiger partial charge on any atom is -0.465 e. The molecule has 1 fully saturated rings. The Balaban J connectivity index is 0.000000133. The molecule has 1 aliphatic carbocycles. The zero-order valence-corrected chi connectivity index (χ0v) is 53.6. The van der Waals surface area contributed by atoms with Crippen LogP contribution in [0.4, 0.5) is 0 Å². The number of halogens is 1. The first-order chi connectivity index (χ1) is 43.5. The number of aromatic nitrogens is 24. The van der Waals surface area contributed by atoms with Gasteiger partial charge in [-0.1, -0.05) is 52.3 Å². The lowest BCUT2D eigenvalue weighted by molar-refractivity contribution is 0.302. The van der Waals surface area contributed by atoms with Gasteiger partial charge in [0, 0.05) is 153 Å². The quantitative estimate of drug-likeness (QED) is 0.111. The molecule has 0 radical (unpaired) electrons. The molecule has 0 atom stereocenters. The van der Waals surface area contributed by atoms with Gasteiger partial charge < -0.3 is 37.2 Å². The largest absolute Gasteiger partial charge is 0.465 e. The Morgan fingerprint density at radius 2 is 0.805 bits per heavy atom. The van der Waals surface area contributed by atoms with E-state index in [1.165, 1.54) is 83.7 Å². The first-order valence-corrected chi connectivity index (χ1v) is 30.6. The van der Waals surface area contributed by atoms with Crippen molar-refractivity contribution in [2.24, 2.45) is 56.4 Å². The van der Waals surface area contributed by atoms with Crippen molar-refractivity contribution in [2.75, 3.05) is 0 Å². The first-order valence-electron chi connectivity index (χ1n) is 28.0. The molecular weight excluding hydrogens is 1320 g/mol. The van der Waals surface area contributed by atoms with E-state index in [1.807, 2.05) is 80.5 Å². The molecular formula is C50H57IN24O8S4. The van der Waals surface area contributed by atoms with Crippen LogP contribution in [0.15, 0.2) is 90.2 Å². The molecule has 12 aromatic rings. The molecule has 0 bridgehead atoms. The lowest BCUT2D eigenvalue weighted by atomic mass is 10.1. The molecule has 37 heteroatoms. The van der Waals surface area contributed by atoms with Crippen LogP contribution in [0.3, 0.4) is 0 Å². The number of rotatable bonds is 18. The number of hydrogen-bond acceptors (Lipinski definition) is 24. The summed E-state index contributed by atoms with van der Waals surface area (Å²) in [5.41, 5.74) is 5.34. The summed E-state index contributed by atoms with van der Waals surface area (Å²) in [6, 6.07) is 0. The fourth-order valence-corrected chi connectivity index (χ4v) is 11.5. The second-order valence-corrected chi connectivity index (χ2v) is 23.6. The van der Waals surface area contributed by atoms with E-state index in [0.29, 0.717) is 50.0 Å². The Hall–Kier alpha value is -8.95. The van der Waals surface area contributed by atoms with Crippen molar-refractivity contribution < 1.29 is 24.4 Å². The van der Waals surface area contributed by atoms with E-state index in [1.54, 1.807) is 54.3 Å². The van der Waals surface area contributed by atoms with Gasteiger partial charge in [0.1, 0.15) is 49.7 Å². The second-order valence-electron chi connectivity index (χ2n) is 19.1. The van der Waals surface area contributed by atoms with Crippen molar-refractivity contribution >= 4 is 67.9 Å². The van der Waals surface area contributed by atoms with Crippen LogP contribution >= 0.6 is 67.9 Å². The molecule has 0 N–H and O–H groups in total. The van der Waals surface area contributed by atoms with Crippen LogP contribution in [-0.4, -0.2) is 117 Å². The van der Waals surface area contributed by atoms with Gasteiger partial charge in [-0.15, -0.1) is 18.7 Å². The predicted octanol–water partition coefficient (Wildman–Crippen LogP) is 3.71. The van der Waals surface area contributed by atoms with Gasteiger partial charge in [0.05, 0.1) is 5.48 Å². The summed E-state index contributed by atoms with van der Waals surface area (Å²) in [6.07, 6.45) is 11.6. The van der Waals surface area contributed by atoms with Gasteiger partial charge in [0.2, 0.25) is 0 Å². The van der Waals surface area contributed by atoms with Crippen molar-refractivity contribution in [1.29, 1.82) is 0 Å². The lowest BCUT2D eigenvalue weighted by Crippen LogP contribution is -2.24. The minimum atomic E-state index is -0.332. The lowest BCUT2D eigenvalue weighted by Gasteiger charge is -2.08. The Kier molecular flexibility index (Phi) is 17.2. The number of aryl methyl sites for hydroxylation is 10. The minimum absolute atomic E-state index is 0.174. The van der Waals surface area contributed by atoms with Gasteiger partial charge in [-0.25, -0.2) is 39.1 Å². The van der Waals surface area contributed by atoms with Crippen LogP contribution in [0.1, 0.15) is 70.1 Å². The van der Waals surface area contributed by atoms with E-state index in [4.69, 9.17) is 24.4 Å². The highest BCUT2D eigenvalue weighted by atomic mass is 127. The Morgan fingerprint density at radius 3 is 1.17 bits per heavy atom. The summed E-state index contributed by atoms with van der Waals surface area (Å²) in [5.74, 6) is 3.00. The molecule has 87 heavy (non-hydrogen) atoms. The highest BCUT2D eigenvalue weighted by Crippen LogP contribution is 2.44. The van der Waals surface area contributed by atoms with Crippen LogP contribution < -0.4 is 41.7 Å². The van der Waals surface area contributed by atoms with E-state index in [0.717, 1.165) is 60.9 Å². The summed E-state index contributed by atoms with van der Waals surface area (Å²) >= 11 is 7.25. The maximum Gasteiger partial charge on any atom is 0.369 e. The fourth-order valence-electron chi connectivity index (χ4n) is 8.96. The SMILES string of the molecule is [3H]c1csc(OCc2c(C)cn(C)c2-n2nnn(C)c2=O)n1.[3H]c1csc(OCc2c(C3CC3)cn(C)c2-n2nnn(C)c2=O)n1.[3H]c1csc(OCc2c(CC)cn(C)c2-n2nnn(C)c2=O)n1.[3H]c1csc(OCc2c(I)cn(C)c2-n2nnn(C)c2=O)n1. The summed E-state index contributed by atoms with van der Waals surface area (Å²) < 4.78 is 70.4. The van der Waals surface area contributed by atoms with Crippen molar-refractivity contribution in [2.45, 2.75) is 65.5 Å². The topological polar surface area (TPSA) is 319 Å². The van der Waals surface area contributed by atoms with Crippen LogP contribution in [0, 0.1) is 10.5 Å². The van der Waals surface area contributed by atoms with Crippen LogP contribution in [-0.2, 0) is 89.2 Å². The predicted molar refractivity (Wildman–Crippen MR) is 327 cm³/mol. The standard InChI is InChI=1S/C14H16N6O2S.C13H16N6O2S.C12H14N6O2S.C11H11IN6O2S/c1-18-7-10(9-3-4-9)11(8-22-13-15-5-6-23-13)12(18)20-14(21)19(2)16-17-20;1-4-9-7-17(2)11(19-13(20)18(3)15-16-19)10(9)8-21-12-14-5-6-22-12;1-8-6-16(2)10(18-12(19)17(3)14-15-18)9(8)7-20-11-13-4-5-21-11;1-16-5-8(12)7(6-20-10-13-3-4-21-10)9(16)18-11(19)17(2)14-15-18/h5-7,9H,3-4,8H2,1-2H3;5-7H,4,8H2,1-3H3;4-6H,7H2,1-3H3;3-5H,6H2,1-2H3/i2*5T;4T;3T. The molecule has 1 aliphatic rings. The van der Waals surface area contributed by atoms with Gasteiger partial charge in [0.15, 0.2) is 0 Å². The van der Waals surface area contributed by atoms with E-state index in [9.17, 15) is 19.2 Å². The third-order valence-corrected chi connectivity index (χ3v) is 16.7. The third kappa shape index (κ3) is 13.4. The molecule has 0 amide bonds. The fraction of sp³-hybridized carbons (Fsp3) is 0.360. The van der Waals surface area contributed by atoms with Crippen LogP contribution in [0.2, 0.25) is 0 Å². The summed E-state index contributed by atoms with van der Waals surface area (Å²) in [5, 5.41) is 38.8. The Labute approximate surface area is 528 Å². The van der Waals surface area contributed by atoms with E-state index < -0.39 is 0 Å². The monoisotopic (exact) mass is 1380 g/mol. The van der Waals surface area contributed by atoms with Gasteiger partial charge in [-0.3, -0.25) is 0 Å². The molecule has 0 saturated heterocycles. The Morgan fingerprint density at radius 1 is 0.471 bits per heavy atom. The number of tetrazole rings is 4. The molecule has 32 nitrogen and oxygen atoms in total. The van der Waals surface area contributed by atoms with E-state index >= 15 is 0 Å². The van der Waals surface area contributed by atoms with Gasteiger partial charge in [-0.05, 0) is 113 Å². The first kappa shape index (κ1) is 55.9. The molecule has 0 unspecified atom stereocenters. The van der Waals surface area contributed by atoms with Crippen molar-refractivity contribution in [3.05, 3.63) is 155 Å². The van der Waals surface area contributed by atoms with E-state index in [2.05, 4.69) is 84.2 Å². The second kappa shape index (κ2) is 26.8. The molecule has 12 aromatic heterocycles. The highest BCUT2D eigenvalue weighted by Gasteiger charge is 2.31. The highest BCUT2D eigenvalue weighted by molar-refractivity contribution is 14.1. The third-order valence-electron chi connectivity index (χ3n) is 13.2. The normalized spacial score (nSPS) is 12.5. The smallest absolute Gasteiger partial charge is 0.369 e. The van der Waals surface area contributed by atoms with Gasteiger partial charge >= 0.3 is 22.8 Å². The molecule has 0 aliphatic heterocycles. The average molecular weight is 1390 g/mol. The van der Waals surface area contributed by atoms with Crippen molar-refractivity contribution in [3.8, 4) is 44.0 Å². The van der Waals surface area contributed by atoms with Crippen molar-refractivity contribution in [3.63, 3.8) is 0 Å². The molecule has 456 valence electrons. The number of ether oxygens (including phenoxy) is 4. The molecule has 0 spiro atoms. The number of thiazole rings is 4. The molecule has 12 heterocycles. The van der Waals surface area contributed by atoms with E-state index in [-0.39, 0.29) is 73.9 Å². The Bertz CT molecular complexity index is 4640. The molecule has 0 aromatic carbocycles. The number of hydrogen-bond donors (Lipinski definition) is 0. The average Bonchev–Trinajstić information content (AvgIpc) is 1.64. The van der Waals surface area contributed by atoms with Crippen molar-refractivity contribution in [1.82, 2.24) is 117 Å². The zero-order valence-electron chi connectivity index (χ0n) is 52.2. The van der Waals surface area contributed by atoms with Gasteiger partial charge in [-0.2, -0.15) is 18.7 Å². The molecule has 13 rings (SSSR count). The molecule has 1 saturated carbocycles. The number of nitrogens with zero attached hydrogens (tertiary/aromatic N) is 24. The summed E-state index contributed by atoms with van der Waals surface area (Å²) in [7, 11) is 13.6. The maximum atomic E-state index is 12.3. The van der Waals surface area contributed by atoms with Crippen LogP contribution in [0.5, 0.6) is 20.8 Å².